The summed E-state index contributed by atoms with van der Waals surface area (Å²) in [6.07, 6.45) is 3.20. The minimum atomic E-state index is -3.67. The molecule has 1 aliphatic heterocycles. The number of hydrogen-bond donors (Lipinski definition) is 0. The van der Waals surface area contributed by atoms with E-state index in [4.69, 9.17) is 14.0 Å². The molecule has 0 unspecified atom stereocenters. The largest absolute Gasteiger partial charge is 0.477 e. The normalized spacial score (nSPS) is 18.7. The van der Waals surface area contributed by atoms with Crippen molar-refractivity contribution in [1.29, 1.82) is 0 Å². The van der Waals surface area contributed by atoms with Crippen molar-refractivity contribution >= 4 is 10.0 Å². The molecule has 0 radical (unpaired) electrons. The van der Waals surface area contributed by atoms with Gasteiger partial charge in [0.05, 0.1) is 13.7 Å². The van der Waals surface area contributed by atoms with Gasteiger partial charge in [0.1, 0.15) is 16.7 Å². The number of ether oxygens (including phenoxy) is 2. The van der Waals surface area contributed by atoms with Gasteiger partial charge in [-0.15, -0.1) is 0 Å². The van der Waals surface area contributed by atoms with E-state index in [-0.39, 0.29) is 35.1 Å². The number of nitrogens with zero attached hydrogens (tertiary/aromatic N) is 4. The molecule has 1 saturated heterocycles. The lowest BCUT2D eigenvalue weighted by atomic mass is 10.3. The molecule has 1 fully saturated rings. The first kappa shape index (κ1) is 16.7. The van der Waals surface area contributed by atoms with E-state index in [1.807, 2.05) is 0 Å². The molecule has 0 saturated carbocycles. The molecule has 130 valence electrons. The minimum absolute atomic E-state index is 0.125. The first-order chi connectivity index (χ1) is 11.4. The quantitative estimate of drug-likeness (QED) is 0.780. The summed E-state index contributed by atoms with van der Waals surface area (Å²) in [6, 6.07) is 0. The molecule has 0 bridgehead atoms. The van der Waals surface area contributed by atoms with E-state index in [2.05, 4.69) is 15.1 Å². The molecule has 0 N–H and O–H groups in total. The fourth-order valence-electron chi connectivity index (χ4n) is 2.68. The van der Waals surface area contributed by atoms with Crippen molar-refractivity contribution in [3.8, 4) is 11.8 Å². The highest BCUT2D eigenvalue weighted by atomic mass is 32.2. The molecule has 10 heteroatoms. The van der Waals surface area contributed by atoms with E-state index >= 15 is 0 Å². The standard InChI is InChI=1S/C14H18N4O5S/c1-9-12(10(2)23-17-9)24(19,20)18-7-4-11(8-18)22-14-13(21-3)15-5-6-16-14/h5-6,11H,4,7-8H2,1-3H3/t11-/m1/s1. The fraction of sp³-hybridized carbons (Fsp3) is 0.500. The summed E-state index contributed by atoms with van der Waals surface area (Å²) in [6.45, 7) is 3.75. The van der Waals surface area contributed by atoms with Crippen LogP contribution in [-0.4, -0.2) is 54.2 Å². The smallest absolute Gasteiger partial charge is 0.278 e. The van der Waals surface area contributed by atoms with Crippen LogP contribution in [0.2, 0.25) is 0 Å². The van der Waals surface area contributed by atoms with Gasteiger partial charge >= 0.3 is 0 Å². The number of rotatable bonds is 5. The fourth-order valence-corrected chi connectivity index (χ4v) is 4.45. The van der Waals surface area contributed by atoms with Crippen molar-refractivity contribution in [2.75, 3.05) is 20.2 Å². The molecule has 2 aromatic heterocycles. The van der Waals surface area contributed by atoms with Crippen molar-refractivity contribution in [3.05, 3.63) is 23.8 Å². The topological polar surface area (TPSA) is 108 Å². The number of sulfonamides is 1. The lowest BCUT2D eigenvalue weighted by Gasteiger charge is -2.17. The average Bonchev–Trinajstić information content (AvgIpc) is 3.15. The first-order valence-corrected chi connectivity index (χ1v) is 8.82. The average molecular weight is 354 g/mol. The van der Waals surface area contributed by atoms with Crippen LogP contribution in [0.15, 0.2) is 21.8 Å². The van der Waals surface area contributed by atoms with Crippen LogP contribution in [0.4, 0.5) is 0 Å². The van der Waals surface area contributed by atoms with Gasteiger partial charge in [0, 0.05) is 18.9 Å². The minimum Gasteiger partial charge on any atom is -0.477 e. The van der Waals surface area contributed by atoms with Crippen LogP contribution in [0.25, 0.3) is 0 Å². The van der Waals surface area contributed by atoms with Crippen molar-refractivity contribution in [1.82, 2.24) is 19.4 Å². The Morgan fingerprint density at radius 1 is 1.25 bits per heavy atom. The molecule has 0 amide bonds. The Balaban J connectivity index is 1.76. The molecular formula is C14H18N4O5S. The summed E-state index contributed by atoms with van der Waals surface area (Å²) >= 11 is 0. The molecule has 0 aliphatic carbocycles. The van der Waals surface area contributed by atoms with Gasteiger partial charge in [-0.25, -0.2) is 18.4 Å². The number of aryl methyl sites for hydroxylation is 2. The van der Waals surface area contributed by atoms with E-state index in [9.17, 15) is 8.42 Å². The number of aromatic nitrogens is 3. The molecule has 9 nitrogen and oxygen atoms in total. The van der Waals surface area contributed by atoms with Crippen LogP contribution in [0, 0.1) is 13.8 Å². The second kappa shape index (κ2) is 6.36. The zero-order valence-electron chi connectivity index (χ0n) is 13.6. The highest BCUT2D eigenvalue weighted by Gasteiger charge is 2.37. The lowest BCUT2D eigenvalue weighted by molar-refractivity contribution is 0.194. The molecular weight excluding hydrogens is 336 g/mol. The van der Waals surface area contributed by atoms with Crippen LogP contribution < -0.4 is 9.47 Å². The third-order valence-corrected chi connectivity index (χ3v) is 5.89. The Kier molecular flexibility index (Phi) is 4.41. The predicted octanol–water partition coefficient (Wildman–Crippen LogP) is 0.932. The second-order valence-corrected chi connectivity index (χ2v) is 7.29. The predicted molar refractivity (Wildman–Crippen MR) is 82.4 cm³/mol. The Morgan fingerprint density at radius 2 is 1.96 bits per heavy atom. The van der Waals surface area contributed by atoms with Crippen LogP contribution in [0.5, 0.6) is 11.8 Å². The molecule has 1 atom stereocenters. The van der Waals surface area contributed by atoms with E-state index in [0.29, 0.717) is 18.7 Å². The molecule has 3 rings (SSSR count). The van der Waals surface area contributed by atoms with Crippen LogP contribution in [-0.2, 0) is 10.0 Å². The summed E-state index contributed by atoms with van der Waals surface area (Å²) in [7, 11) is -2.20. The van der Waals surface area contributed by atoms with Crippen molar-refractivity contribution in [2.45, 2.75) is 31.3 Å². The van der Waals surface area contributed by atoms with Crippen LogP contribution in [0.1, 0.15) is 17.9 Å². The van der Waals surface area contributed by atoms with Crippen LogP contribution >= 0.6 is 0 Å². The van der Waals surface area contributed by atoms with Gasteiger partial charge in [-0.3, -0.25) is 0 Å². The highest BCUT2D eigenvalue weighted by Crippen LogP contribution is 2.29. The van der Waals surface area contributed by atoms with Crippen molar-refractivity contribution in [3.63, 3.8) is 0 Å². The first-order valence-electron chi connectivity index (χ1n) is 7.38. The third kappa shape index (κ3) is 2.94. The van der Waals surface area contributed by atoms with Gasteiger partial charge in [0.25, 0.3) is 11.8 Å². The summed E-state index contributed by atoms with van der Waals surface area (Å²) in [4.78, 5) is 8.21. The lowest BCUT2D eigenvalue weighted by Crippen LogP contribution is -2.31. The van der Waals surface area contributed by atoms with Crippen molar-refractivity contribution in [2.24, 2.45) is 0 Å². The Hall–Kier alpha value is -2.20. The summed E-state index contributed by atoms with van der Waals surface area (Å²) in [5, 5.41) is 3.72. The summed E-state index contributed by atoms with van der Waals surface area (Å²) in [5.74, 6) is 0.804. The second-order valence-electron chi connectivity index (χ2n) is 5.42. The number of hydrogen-bond acceptors (Lipinski definition) is 8. The molecule has 24 heavy (non-hydrogen) atoms. The zero-order valence-corrected chi connectivity index (χ0v) is 14.4. The van der Waals surface area contributed by atoms with Gasteiger partial charge in [-0.2, -0.15) is 4.31 Å². The van der Waals surface area contributed by atoms with Crippen molar-refractivity contribution < 1.29 is 22.4 Å². The van der Waals surface area contributed by atoms with E-state index in [1.54, 1.807) is 13.8 Å². The maximum absolute atomic E-state index is 12.8. The summed E-state index contributed by atoms with van der Waals surface area (Å²) < 4.78 is 42.7. The maximum Gasteiger partial charge on any atom is 0.278 e. The molecule has 0 aromatic carbocycles. The molecule has 2 aromatic rings. The Bertz CT molecular complexity index is 816. The maximum atomic E-state index is 12.8. The molecule has 1 aliphatic rings. The Labute approximate surface area is 139 Å². The third-order valence-electron chi connectivity index (χ3n) is 3.78. The SMILES string of the molecule is COc1nccnc1O[C@@H]1CCN(S(=O)(=O)c2c(C)noc2C)C1. The molecule has 0 spiro atoms. The van der Waals surface area contributed by atoms with Gasteiger partial charge in [0.15, 0.2) is 5.76 Å². The van der Waals surface area contributed by atoms with Gasteiger partial charge < -0.3 is 14.0 Å². The van der Waals surface area contributed by atoms with E-state index < -0.39 is 10.0 Å². The number of methoxy groups -OCH3 is 1. The van der Waals surface area contributed by atoms with E-state index in [1.165, 1.54) is 23.8 Å². The zero-order chi connectivity index (χ0) is 17.3. The summed E-state index contributed by atoms with van der Waals surface area (Å²) in [5.41, 5.74) is 0.354. The molecule has 3 heterocycles. The Morgan fingerprint density at radius 3 is 2.58 bits per heavy atom. The van der Waals surface area contributed by atoms with E-state index in [0.717, 1.165) is 0 Å². The monoisotopic (exact) mass is 354 g/mol. The van der Waals surface area contributed by atoms with Gasteiger partial charge in [-0.1, -0.05) is 5.16 Å². The van der Waals surface area contributed by atoms with Gasteiger partial charge in [0.2, 0.25) is 10.0 Å². The van der Waals surface area contributed by atoms with Gasteiger partial charge in [-0.05, 0) is 20.3 Å². The van der Waals surface area contributed by atoms with Crippen LogP contribution in [0.3, 0.4) is 0 Å². The highest BCUT2D eigenvalue weighted by molar-refractivity contribution is 7.89.